The number of nitrogens with zero attached hydrogens (tertiary/aromatic N) is 9. The number of benzene rings is 2. The van der Waals surface area contributed by atoms with Crippen molar-refractivity contribution in [2.75, 3.05) is 106 Å². The largest absolute Gasteiger partial charge is 0.493 e. The molecule has 0 radical (unpaired) electrons. The predicted octanol–water partition coefficient (Wildman–Crippen LogP) is 4.44. The first-order chi connectivity index (χ1) is 26.1. The Hall–Kier alpha value is -4.43. The number of hydrogen-bond donors (Lipinski definition) is 2. The number of ether oxygens (including phenoxy) is 2. The van der Waals surface area contributed by atoms with Gasteiger partial charge in [-0.2, -0.15) is 0 Å². The molecule has 13 heteroatoms. The third kappa shape index (κ3) is 9.08. The van der Waals surface area contributed by atoms with E-state index in [9.17, 15) is 0 Å². The molecule has 3 aliphatic heterocycles. The molecule has 0 saturated heterocycles. The van der Waals surface area contributed by atoms with E-state index in [4.69, 9.17) is 19.4 Å². The summed E-state index contributed by atoms with van der Waals surface area (Å²) in [6.07, 6.45) is 4.02. The fourth-order valence-electron chi connectivity index (χ4n) is 8.13. The Bertz CT molecular complexity index is 1990. The number of hydrogen-bond acceptors (Lipinski definition) is 11. The van der Waals surface area contributed by atoms with E-state index in [2.05, 4.69) is 124 Å². The number of nitrogens with one attached hydrogen (secondary N) is 2. The monoisotopic (exact) mass is 737 g/mol. The van der Waals surface area contributed by atoms with E-state index in [1.54, 1.807) is 0 Å². The smallest absolute Gasteiger partial charge is 0.203 e. The average molecular weight is 738 g/mol. The minimum atomic E-state index is 0.237. The maximum atomic E-state index is 6.17. The van der Waals surface area contributed by atoms with Gasteiger partial charge in [-0.3, -0.25) is 4.98 Å². The van der Waals surface area contributed by atoms with Crippen LogP contribution in [-0.4, -0.2) is 145 Å². The van der Waals surface area contributed by atoms with Crippen molar-refractivity contribution in [2.45, 2.75) is 38.6 Å². The molecule has 3 atom stereocenters. The lowest BCUT2D eigenvalue weighted by Crippen LogP contribution is -2.34. The molecular formula is C41H59N11O2. The van der Waals surface area contributed by atoms with Crippen molar-refractivity contribution < 1.29 is 9.47 Å². The molecule has 54 heavy (non-hydrogen) atoms. The van der Waals surface area contributed by atoms with Gasteiger partial charge < -0.3 is 48.8 Å². The number of pyridine rings is 1. The molecule has 2 aromatic carbocycles. The van der Waals surface area contributed by atoms with Gasteiger partial charge in [-0.05, 0) is 92.2 Å². The molecule has 0 saturated carbocycles. The molecule has 0 aliphatic carbocycles. The summed E-state index contributed by atoms with van der Waals surface area (Å²) in [7, 11) is 14.8. The van der Waals surface area contributed by atoms with Crippen molar-refractivity contribution in [3.8, 4) is 11.5 Å². The lowest BCUT2D eigenvalue weighted by molar-refractivity contribution is 0.184. The van der Waals surface area contributed by atoms with Crippen LogP contribution in [0.1, 0.15) is 17.7 Å². The molecule has 13 nitrogen and oxygen atoms in total. The number of likely N-dealkylation sites (N-methyl/N-ethyl adjacent to an activating group) is 1. The van der Waals surface area contributed by atoms with Crippen molar-refractivity contribution in [1.82, 2.24) is 43.7 Å². The van der Waals surface area contributed by atoms with Gasteiger partial charge in [0.2, 0.25) is 11.9 Å². The standard InChI is InChI=1S/C23H32N6O.C18H27N5O/c1-27(2)15-18-14-25-23-26-21-9-8-20(13-22(21)29(23)16-18)30-12-6-11-28(3)17-19-7-4-5-10-24-19;1-21(2)9-12-8-19-18-20-15-5-6-16-14(17(15)23(18)10-12)7-13(24-16)11-22(3)4/h4-5,7-10,13,18H,6,11-12,14-17H2,1-3H3,(H,25,26);5-6,12-13H,7-11H2,1-4H3,(H,19,20). The van der Waals surface area contributed by atoms with Gasteiger partial charge in [0.25, 0.3) is 0 Å². The molecule has 0 fully saturated rings. The molecule has 0 spiro atoms. The predicted molar refractivity (Wildman–Crippen MR) is 218 cm³/mol. The van der Waals surface area contributed by atoms with Gasteiger partial charge in [-0.15, -0.1) is 0 Å². The van der Waals surface area contributed by atoms with E-state index >= 15 is 0 Å². The van der Waals surface area contributed by atoms with E-state index in [1.165, 1.54) is 11.1 Å². The number of imidazole rings is 2. The Morgan fingerprint density at radius 3 is 2.19 bits per heavy atom. The maximum Gasteiger partial charge on any atom is 0.203 e. The maximum absolute atomic E-state index is 6.17. The van der Waals surface area contributed by atoms with E-state index < -0.39 is 0 Å². The van der Waals surface area contributed by atoms with Crippen LogP contribution in [0.15, 0.2) is 54.7 Å². The van der Waals surface area contributed by atoms with Crippen molar-refractivity contribution in [1.29, 1.82) is 0 Å². The minimum Gasteiger partial charge on any atom is -0.493 e. The summed E-state index contributed by atoms with van der Waals surface area (Å²) in [5.41, 5.74) is 6.93. The first kappa shape index (κ1) is 37.9. The van der Waals surface area contributed by atoms with Gasteiger partial charge in [0.05, 0.1) is 34.4 Å². The Morgan fingerprint density at radius 1 is 0.796 bits per heavy atom. The summed E-state index contributed by atoms with van der Waals surface area (Å²) in [6.45, 7) is 9.58. The van der Waals surface area contributed by atoms with Crippen LogP contribution in [0.25, 0.3) is 22.1 Å². The molecule has 0 bridgehead atoms. The SMILES string of the molecule is CN(C)CC1CNc2nc3ccc(OCCCN(C)Cc4ccccn4)cc3n2C1.CN(C)CC1CNc2nc3ccc4c(c3n2C1)CC(CN(C)C)O4. The van der Waals surface area contributed by atoms with Crippen molar-refractivity contribution in [2.24, 2.45) is 11.8 Å². The molecule has 0 amide bonds. The molecule has 5 aromatic rings. The van der Waals surface area contributed by atoms with Gasteiger partial charge >= 0.3 is 0 Å². The number of aromatic nitrogens is 5. The van der Waals surface area contributed by atoms with Crippen LogP contribution in [0, 0.1) is 11.8 Å². The van der Waals surface area contributed by atoms with Crippen LogP contribution in [-0.2, 0) is 26.1 Å². The lowest BCUT2D eigenvalue weighted by atomic mass is 10.1. The third-order valence-corrected chi connectivity index (χ3v) is 10.3. The van der Waals surface area contributed by atoms with Gasteiger partial charge in [0.15, 0.2) is 0 Å². The zero-order chi connectivity index (χ0) is 37.8. The first-order valence-corrected chi connectivity index (χ1v) is 19.4. The second-order valence-electron chi connectivity index (χ2n) is 16.1. The summed E-state index contributed by atoms with van der Waals surface area (Å²) in [4.78, 5) is 22.9. The summed E-state index contributed by atoms with van der Waals surface area (Å²) >= 11 is 0. The van der Waals surface area contributed by atoms with Crippen molar-refractivity contribution in [3.63, 3.8) is 0 Å². The summed E-state index contributed by atoms with van der Waals surface area (Å²) in [5, 5.41) is 7.00. The van der Waals surface area contributed by atoms with Crippen LogP contribution in [0.2, 0.25) is 0 Å². The van der Waals surface area contributed by atoms with E-state index in [-0.39, 0.29) is 6.10 Å². The Balaban J connectivity index is 0.000000171. The average Bonchev–Trinajstić information content (AvgIpc) is 3.82. The van der Waals surface area contributed by atoms with Gasteiger partial charge in [0, 0.05) is 95.0 Å². The van der Waals surface area contributed by atoms with Gasteiger partial charge in [-0.1, -0.05) is 6.07 Å². The molecular weight excluding hydrogens is 679 g/mol. The van der Waals surface area contributed by atoms with E-state index in [0.29, 0.717) is 18.4 Å². The first-order valence-electron chi connectivity index (χ1n) is 19.4. The Morgan fingerprint density at radius 2 is 1.48 bits per heavy atom. The summed E-state index contributed by atoms with van der Waals surface area (Å²) < 4.78 is 16.9. The number of anilines is 2. The number of fused-ring (bicyclic) bond motifs is 8. The Kier molecular flexibility index (Phi) is 11.9. The topological polar surface area (TPSA) is 104 Å². The minimum absolute atomic E-state index is 0.237. The van der Waals surface area contributed by atoms with Crippen molar-refractivity contribution in [3.05, 3.63) is 66.0 Å². The second kappa shape index (κ2) is 16.9. The third-order valence-electron chi connectivity index (χ3n) is 10.3. The summed E-state index contributed by atoms with van der Waals surface area (Å²) in [5.74, 6) is 5.08. The molecule has 3 unspecified atom stereocenters. The molecule has 6 heterocycles. The quantitative estimate of drug-likeness (QED) is 0.168. The zero-order valence-electron chi connectivity index (χ0n) is 33.3. The zero-order valence-corrected chi connectivity index (χ0v) is 33.3. The van der Waals surface area contributed by atoms with E-state index in [1.807, 2.05) is 24.4 Å². The molecule has 8 rings (SSSR count). The fraction of sp³-hybridized carbons (Fsp3) is 0.537. The highest BCUT2D eigenvalue weighted by Crippen LogP contribution is 2.38. The molecule has 3 aromatic heterocycles. The van der Waals surface area contributed by atoms with Crippen LogP contribution in [0.5, 0.6) is 11.5 Å². The normalized spacial score (nSPS) is 19.0. The van der Waals surface area contributed by atoms with Crippen LogP contribution in [0.4, 0.5) is 11.9 Å². The fourth-order valence-corrected chi connectivity index (χ4v) is 8.13. The van der Waals surface area contributed by atoms with Crippen LogP contribution in [0.3, 0.4) is 0 Å². The highest BCUT2D eigenvalue weighted by Gasteiger charge is 2.30. The van der Waals surface area contributed by atoms with Crippen LogP contribution < -0.4 is 20.1 Å². The number of rotatable bonds is 13. The second-order valence-corrected chi connectivity index (χ2v) is 16.1. The molecule has 3 aliphatic rings. The molecule has 290 valence electrons. The molecule has 2 N–H and O–H groups in total. The van der Waals surface area contributed by atoms with E-state index in [0.717, 1.165) is 117 Å². The summed E-state index contributed by atoms with van der Waals surface area (Å²) in [6, 6.07) is 16.4. The lowest BCUT2D eigenvalue weighted by Gasteiger charge is -2.27. The van der Waals surface area contributed by atoms with Crippen LogP contribution >= 0.6 is 0 Å². The highest BCUT2D eigenvalue weighted by molar-refractivity contribution is 5.85. The van der Waals surface area contributed by atoms with Gasteiger partial charge in [-0.25, -0.2) is 9.97 Å². The Labute approximate surface area is 320 Å². The van der Waals surface area contributed by atoms with Crippen molar-refractivity contribution >= 4 is 34.0 Å². The van der Waals surface area contributed by atoms with Gasteiger partial charge in [0.1, 0.15) is 17.6 Å². The highest BCUT2D eigenvalue weighted by atomic mass is 16.5.